The van der Waals surface area contributed by atoms with Gasteiger partial charge in [0.2, 0.25) is 0 Å². The second-order valence-corrected chi connectivity index (χ2v) is 6.96. The van der Waals surface area contributed by atoms with Gasteiger partial charge in [-0.15, -0.1) is 0 Å². The first-order valence-corrected chi connectivity index (χ1v) is 8.69. The largest absolute Gasteiger partial charge is 0.482 e. The maximum Gasteiger partial charge on any atom is 0.276 e. The van der Waals surface area contributed by atoms with Crippen molar-refractivity contribution < 1.29 is 14.3 Å². The van der Waals surface area contributed by atoms with Crippen LogP contribution < -0.4 is 15.6 Å². The van der Waals surface area contributed by atoms with Crippen molar-refractivity contribution in [2.75, 3.05) is 6.61 Å². The highest BCUT2D eigenvalue weighted by atomic mass is 79.9. The highest BCUT2D eigenvalue weighted by molar-refractivity contribution is 9.11. The molecule has 0 aliphatic heterocycles. The van der Waals surface area contributed by atoms with E-state index < -0.39 is 5.91 Å². The number of halogens is 2. The molecule has 2 amide bonds. The predicted octanol–water partition coefficient (Wildman–Crippen LogP) is 3.67. The molecule has 0 atom stereocenters. The molecule has 24 heavy (non-hydrogen) atoms. The number of amides is 2. The number of hydrogen-bond donors (Lipinski definition) is 2. The summed E-state index contributed by atoms with van der Waals surface area (Å²) in [6.07, 6.45) is 0. The van der Waals surface area contributed by atoms with Crippen molar-refractivity contribution in [1.29, 1.82) is 0 Å². The van der Waals surface area contributed by atoms with Gasteiger partial charge in [0.05, 0.1) is 4.47 Å². The third-order valence-corrected chi connectivity index (χ3v) is 4.22. The van der Waals surface area contributed by atoms with E-state index in [1.807, 2.05) is 38.1 Å². The molecule has 2 aromatic carbocycles. The summed E-state index contributed by atoms with van der Waals surface area (Å²) >= 11 is 6.77. The second kappa shape index (κ2) is 8.30. The van der Waals surface area contributed by atoms with Crippen LogP contribution in [-0.4, -0.2) is 18.4 Å². The Balaban J connectivity index is 1.86. The Kier molecular flexibility index (Phi) is 6.39. The molecule has 0 saturated carbocycles. The molecule has 0 fully saturated rings. The molecule has 0 radical (unpaired) electrons. The molecule has 0 aliphatic rings. The monoisotopic (exact) mass is 454 g/mol. The van der Waals surface area contributed by atoms with Crippen LogP contribution in [0.5, 0.6) is 5.75 Å². The van der Waals surface area contributed by atoms with Crippen LogP contribution in [0.2, 0.25) is 0 Å². The van der Waals surface area contributed by atoms with E-state index in [1.54, 1.807) is 12.1 Å². The van der Waals surface area contributed by atoms with Crippen LogP contribution in [0.4, 0.5) is 0 Å². The Bertz CT molecular complexity index is 738. The van der Waals surface area contributed by atoms with E-state index >= 15 is 0 Å². The highest BCUT2D eigenvalue weighted by Crippen LogP contribution is 2.32. The van der Waals surface area contributed by atoms with E-state index in [2.05, 4.69) is 42.7 Å². The van der Waals surface area contributed by atoms with E-state index in [0.717, 1.165) is 20.1 Å². The van der Waals surface area contributed by atoms with Crippen molar-refractivity contribution in [2.24, 2.45) is 0 Å². The summed E-state index contributed by atoms with van der Waals surface area (Å²) in [6, 6.07) is 10.8. The van der Waals surface area contributed by atoms with E-state index in [1.165, 1.54) is 0 Å². The average molecular weight is 456 g/mol. The summed E-state index contributed by atoms with van der Waals surface area (Å²) in [5, 5.41) is 0. The molecule has 0 aromatic heterocycles. The van der Waals surface area contributed by atoms with Gasteiger partial charge in [0.25, 0.3) is 11.8 Å². The summed E-state index contributed by atoms with van der Waals surface area (Å²) in [6.45, 7) is 3.60. The maximum atomic E-state index is 11.9. The van der Waals surface area contributed by atoms with Crippen LogP contribution in [0.25, 0.3) is 0 Å². The van der Waals surface area contributed by atoms with E-state index in [-0.39, 0.29) is 12.5 Å². The first-order chi connectivity index (χ1) is 11.4. The molecule has 7 heteroatoms. The third kappa shape index (κ3) is 5.07. The predicted molar refractivity (Wildman–Crippen MR) is 98.9 cm³/mol. The molecule has 0 unspecified atom stereocenters. The highest BCUT2D eigenvalue weighted by Gasteiger charge is 2.11. The van der Waals surface area contributed by atoms with Crippen LogP contribution in [0, 0.1) is 13.8 Å². The maximum absolute atomic E-state index is 11.9. The number of carbonyl (C=O) groups is 2. The summed E-state index contributed by atoms with van der Waals surface area (Å²) in [5.74, 6) is -0.257. The molecule has 0 aliphatic carbocycles. The number of hydrogen-bond acceptors (Lipinski definition) is 3. The van der Waals surface area contributed by atoms with Crippen molar-refractivity contribution in [1.82, 2.24) is 10.9 Å². The number of ether oxygens (including phenoxy) is 1. The minimum Gasteiger partial charge on any atom is -0.482 e. The van der Waals surface area contributed by atoms with Crippen molar-refractivity contribution in [3.8, 4) is 5.75 Å². The number of rotatable bonds is 4. The Morgan fingerprint density at radius 1 is 1.04 bits per heavy atom. The first kappa shape index (κ1) is 18.5. The standard InChI is InChI=1S/C17H16Br2N2O3/c1-10-3-5-12(6-4-10)17(23)21-20-15(22)9-24-16-11(2)7-13(18)8-14(16)19/h3-8H,9H2,1-2H3,(H,20,22)(H,21,23). The molecule has 2 aromatic rings. The molecular weight excluding hydrogens is 440 g/mol. The van der Waals surface area contributed by atoms with Crippen LogP contribution in [0.15, 0.2) is 45.3 Å². The lowest BCUT2D eigenvalue weighted by Crippen LogP contribution is -2.43. The fourth-order valence-electron chi connectivity index (χ4n) is 1.95. The van der Waals surface area contributed by atoms with Gasteiger partial charge in [-0.25, -0.2) is 0 Å². The van der Waals surface area contributed by atoms with Gasteiger partial charge >= 0.3 is 0 Å². The van der Waals surface area contributed by atoms with Gasteiger partial charge in [0.15, 0.2) is 6.61 Å². The fraction of sp³-hybridized carbons (Fsp3) is 0.176. The summed E-state index contributed by atoms with van der Waals surface area (Å²) in [4.78, 5) is 23.7. The van der Waals surface area contributed by atoms with Crippen LogP contribution in [-0.2, 0) is 4.79 Å². The number of carbonyl (C=O) groups excluding carboxylic acids is 2. The van der Waals surface area contributed by atoms with Gasteiger partial charge in [-0.3, -0.25) is 20.4 Å². The van der Waals surface area contributed by atoms with Crippen molar-refractivity contribution >= 4 is 43.7 Å². The number of nitrogens with one attached hydrogen (secondary N) is 2. The Morgan fingerprint density at radius 3 is 2.33 bits per heavy atom. The van der Waals surface area contributed by atoms with Crippen LogP contribution in [0.1, 0.15) is 21.5 Å². The molecule has 0 saturated heterocycles. The normalized spacial score (nSPS) is 10.2. The Labute approximate surface area is 157 Å². The Morgan fingerprint density at radius 2 is 1.71 bits per heavy atom. The van der Waals surface area contributed by atoms with Crippen molar-refractivity contribution in [3.63, 3.8) is 0 Å². The molecule has 0 spiro atoms. The van der Waals surface area contributed by atoms with Crippen molar-refractivity contribution in [3.05, 3.63) is 62.0 Å². The van der Waals surface area contributed by atoms with Gasteiger partial charge < -0.3 is 4.74 Å². The van der Waals surface area contributed by atoms with Gasteiger partial charge in [-0.1, -0.05) is 33.6 Å². The van der Waals surface area contributed by atoms with E-state index in [4.69, 9.17) is 4.74 Å². The fourth-order valence-corrected chi connectivity index (χ4v) is 3.50. The zero-order valence-electron chi connectivity index (χ0n) is 13.2. The molecule has 5 nitrogen and oxygen atoms in total. The average Bonchev–Trinajstić information content (AvgIpc) is 2.52. The summed E-state index contributed by atoms with van der Waals surface area (Å²) < 4.78 is 7.16. The summed E-state index contributed by atoms with van der Waals surface area (Å²) in [5.41, 5.74) is 7.09. The van der Waals surface area contributed by atoms with Crippen LogP contribution in [0.3, 0.4) is 0 Å². The molecule has 0 heterocycles. The number of aryl methyl sites for hydroxylation is 2. The van der Waals surface area contributed by atoms with Gasteiger partial charge in [0.1, 0.15) is 5.75 Å². The summed E-state index contributed by atoms with van der Waals surface area (Å²) in [7, 11) is 0. The van der Waals surface area contributed by atoms with Gasteiger partial charge in [0, 0.05) is 10.0 Å². The smallest absolute Gasteiger partial charge is 0.276 e. The van der Waals surface area contributed by atoms with Crippen molar-refractivity contribution in [2.45, 2.75) is 13.8 Å². The third-order valence-electron chi connectivity index (χ3n) is 3.17. The van der Waals surface area contributed by atoms with E-state index in [9.17, 15) is 9.59 Å². The first-order valence-electron chi connectivity index (χ1n) is 7.11. The zero-order valence-corrected chi connectivity index (χ0v) is 16.3. The van der Waals surface area contributed by atoms with E-state index in [0.29, 0.717) is 11.3 Å². The molecule has 2 rings (SSSR count). The van der Waals surface area contributed by atoms with Gasteiger partial charge in [-0.2, -0.15) is 0 Å². The lowest BCUT2D eigenvalue weighted by Gasteiger charge is -2.12. The molecule has 0 bridgehead atoms. The number of benzene rings is 2. The molecule has 2 N–H and O–H groups in total. The lowest BCUT2D eigenvalue weighted by atomic mass is 10.1. The molecular formula is C17H16Br2N2O3. The number of hydrazine groups is 1. The minimum absolute atomic E-state index is 0.213. The second-order valence-electron chi connectivity index (χ2n) is 5.19. The quantitative estimate of drug-likeness (QED) is 0.691. The minimum atomic E-state index is -0.454. The Hall–Kier alpha value is -1.86. The van der Waals surface area contributed by atoms with Gasteiger partial charge in [-0.05, 0) is 59.6 Å². The molecule has 126 valence electrons. The van der Waals surface area contributed by atoms with Crippen LogP contribution >= 0.6 is 31.9 Å². The SMILES string of the molecule is Cc1ccc(C(=O)NNC(=O)COc2c(C)cc(Br)cc2Br)cc1. The lowest BCUT2D eigenvalue weighted by molar-refractivity contribution is -0.123. The topological polar surface area (TPSA) is 67.4 Å². The zero-order chi connectivity index (χ0) is 17.7.